The van der Waals surface area contributed by atoms with Gasteiger partial charge in [0, 0.05) is 5.92 Å². The Morgan fingerprint density at radius 1 is 1.11 bits per heavy atom. The van der Waals surface area contributed by atoms with Crippen molar-refractivity contribution in [1.29, 1.82) is 0 Å². The number of Topliss-reactive ketones (excluding diaryl/α,β-unsaturated/α-hetero) is 1. The van der Waals surface area contributed by atoms with Crippen LogP contribution in [0.15, 0.2) is 0 Å². The van der Waals surface area contributed by atoms with Crippen LogP contribution in [0.1, 0.15) is 41.0 Å². The van der Waals surface area contributed by atoms with Crippen LogP contribution in [-0.2, 0) is 23.9 Å². The van der Waals surface area contributed by atoms with Gasteiger partial charge in [0.1, 0.15) is 0 Å². The summed E-state index contributed by atoms with van der Waals surface area (Å²) >= 11 is 0. The Bertz CT molecular complexity index is 343. The summed E-state index contributed by atoms with van der Waals surface area (Å²) in [6, 6.07) is -0.884. The summed E-state index contributed by atoms with van der Waals surface area (Å²) in [7, 11) is 0. The van der Waals surface area contributed by atoms with Crippen molar-refractivity contribution in [2.24, 2.45) is 17.1 Å². The Balaban J connectivity index is 4.01. The molecule has 0 radical (unpaired) electrons. The number of hydrogen-bond donors (Lipinski definition) is 1. The van der Waals surface area contributed by atoms with Gasteiger partial charge in [-0.25, -0.2) is 0 Å². The molecule has 19 heavy (non-hydrogen) atoms. The second kappa shape index (κ2) is 7.23. The number of rotatable bonds is 6. The SMILES string of the molecule is CC(C)C(=O)C(N)CC(=O)OCOC(=O)C(C)(C)C. The zero-order valence-electron chi connectivity index (χ0n) is 12.2. The van der Waals surface area contributed by atoms with Crippen molar-refractivity contribution >= 4 is 17.7 Å². The molecule has 0 saturated carbocycles. The summed E-state index contributed by atoms with van der Waals surface area (Å²) < 4.78 is 9.45. The highest BCUT2D eigenvalue weighted by Gasteiger charge is 2.24. The van der Waals surface area contributed by atoms with E-state index in [0.717, 1.165) is 0 Å². The van der Waals surface area contributed by atoms with Crippen LogP contribution in [-0.4, -0.2) is 30.6 Å². The van der Waals surface area contributed by atoms with E-state index in [4.69, 9.17) is 15.2 Å². The highest BCUT2D eigenvalue weighted by atomic mass is 16.7. The quantitative estimate of drug-likeness (QED) is 0.573. The summed E-state index contributed by atoms with van der Waals surface area (Å²) in [5.41, 5.74) is 4.91. The van der Waals surface area contributed by atoms with Crippen molar-refractivity contribution in [2.75, 3.05) is 6.79 Å². The molecule has 0 fully saturated rings. The summed E-state index contributed by atoms with van der Waals surface area (Å²) in [5, 5.41) is 0. The lowest BCUT2D eigenvalue weighted by Gasteiger charge is -2.17. The smallest absolute Gasteiger partial charge is 0.314 e. The lowest BCUT2D eigenvalue weighted by Crippen LogP contribution is -2.36. The van der Waals surface area contributed by atoms with Crippen LogP contribution >= 0.6 is 0 Å². The summed E-state index contributed by atoms with van der Waals surface area (Å²) in [6.45, 7) is 8.02. The molecule has 6 heteroatoms. The molecule has 6 nitrogen and oxygen atoms in total. The predicted molar refractivity (Wildman–Crippen MR) is 68.9 cm³/mol. The van der Waals surface area contributed by atoms with Gasteiger partial charge < -0.3 is 15.2 Å². The van der Waals surface area contributed by atoms with E-state index < -0.39 is 30.2 Å². The molecule has 0 rings (SSSR count). The summed E-state index contributed by atoms with van der Waals surface area (Å²) in [4.78, 5) is 34.2. The van der Waals surface area contributed by atoms with Crippen LogP contribution in [0.3, 0.4) is 0 Å². The molecule has 0 heterocycles. The maximum absolute atomic E-state index is 11.5. The van der Waals surface area contributed by atoms with E-state index in [1.165, 1.54) is 0 Å². The van der Waals surface area contributed by atoms with E-state index in [2.05, 4.69) is 0 Å². The molecule has 0 aromatic rings. The highest BCUT2D eigenvalue weighted by Crippen LogP contribution is 2.14. The van der Waals surface area contributed by atoms with Crippen molar-refractivity contribution in [3.63, 3.8) is 0 Å². The average molecular weight is 273 g/mol. The van der Waals surface area contributed by atoms with Crippen molar-refractivity contribution in [2.45, 2.75) is 47.1 Å². The number of esters is 2. The molecule has 0 amide bonds. The highest BCUT2D eigenvalue weighted by molar-refractivity contribution is 5.89. The minimum Gasteiger partial charge on any atom is -0.428 e. The van der Waals surface area contributed by atoms with Gasteiger partial charge in [-0.2, -0.15) is 0 Å². The molecule has 0 aromatic heterocycles. The van der Waals surface area contributed by atoms with Crippen molar-refractivity contribution < 1.29 is 23.9 Å². The van der Waals surface area contributed by atoms with Crippen LogP contribution in [0.2, 0.25) is 0 Å². The fraction of sp³-hybridized carbons (Fsp3) is 0.769. The van der Waals surface area contributed by atoms with Gasteiger partial charge in [-0.1, -0.05) is 13.8 Å². The van der Waals surface area contributed by atoms with Gasteiger partial charge in [-0.3, -0.25) is 14.4 Å². The monoisotopic (exact) mass is 273 g/mol. The molecule has 0 aliphatic heterocycles. The van der Waals surface area contributed by atoms with E-state index in [1.807, 2.05) is 0 Å². The number of hydrogen-bond acceptors (Lipinski definition) is 6. The van der Waals surface area contributed by atoms with Crippen LogP contribution in [0.4, 0.5) is 0 Å². The lowest BCUT2D eigenvalue weighted by molar-refractivity contribution is -0.173. The Kier molecular flexibility index (Phi) is 6.69. The maximum atomic E-state index is 11.5. The summed E-state index contributed by atoms with van der Waals surface area (Å²) in [5.74, 6) is -1.57. The second-order valence-electron chi connectivity index (χ2n) is 5.68. The normalized spacial score (nSPS) is 13.0. The summed E-state index contributed by atoms with van der Waals surface area (Å²) in [6.07, 6.45) is -0.218. The Morgan fingerprint density at radius 3 is 2.05 bits per heavy atom. The third-order valence-corrected chi connectivity index (χ3v) is 2.34. The van der Waals surface area contributed by atoms with E-state index in [9.17, 15) is 14.4 Å². The Morgan fingerprint density at radius 2 is 1.63 bits per heavy atom. The van der Waals surface area contributed by atoms with Gasteiger partial charge in [-0.15, -0.1) is 0 Å². The van der Waals surface area contributed by atoms with Gasteiger partial charge in [0.2, 0.25) is 6.79 Å². The van der Waals surface area contributed by atoms with Crippen molar-refractivity contribution in [1.82, 2.24) is 0 Å². The zero-order valence-corrected chi connectivity index (χ0v) is 12.2. The molecule has 0 aliphatic carbocycles. The van der Waals surface area contributed by atoms with Crippen LogP contribution in [0, 0.1) is 11.3 Å². The first-order valence-electron chi connectivity index (χ1n) is 6.18. The molecule has 1 unspecified atom stereocenters. The minimum absolute atomic E-state index is 0.205. The van der Waals surface area contributed by atoms with E-state index in [1.54, 1.807) is 34.6 Å². The van der Waals surface area contributed by atoms with Crippen LogP contribution in [0.5, 0.6) is 0 Å². The molecule has 2 N–H and O–H groups in total. The first-order chi connectivity index (χ1) is 8.55. The van der Waals surface area contributed by atoms with Crippen molar-refractivity contribution in [3.05, 3.63) is 0 Å². The maximum Gasteiger partial charge on any atom is 0.314 e. The van der Waals surface area contributed by atoms with Gasteiger partial charge in [0.05, 0.1) is 17.9 Å². The van der Waals surface area contributed by atoms with Gasteiger partial charge in [0.15, 0.2) is 5.78 Å². The van der Waals surface area contributed by atoms with Crippen LogP contribution < -0.4 is 5.73 Å². The molecule has 0 aromatic carbocycles. The third kappa shape index (κ3) is 6.91. The predicted octanol–water partition coefficient (Wildman–Crippen LogP) is 1.02. The van der Waals surface area contributed by atoms with Crippen molar-refractivity contribution in [3.8, 4) is 0 Å². The van der Waals surface area contributed by atoms with Gasteiger partial charge >= 0.3 is 11.9 Å². The molecule has 110 valence electrons. The molecule has 0 aliphatic rings. The largest absolute Gasteiger partial charge is 0.428 e. The van der Waals surface area contributed by atoms with E-state index in [-0.39, 0.29) is 18.1 Å². The first-order valence-corrected chi connectivity index (χ1v) is 6.18. The topological polar surface area (TPSA) is 95.7 Å². The molecular weight excluding hydrogens is 250 g/mol. The number of ether oxygens (including phenoxy) is 2. The van der Waals surface area contributed by atoms with Gasteiger partial charge in [-0.05, 0) is 20.8 Å². The first kappa shape index (κ1) is 17.6. The standard InChI is InChI=1S/C13H23NO5/c1-8(2)11(16)9(14)6-10(15)18-7-19-12(17)13(3,4)5/h8-9H,6-7,14H2,1-5H3. The number of carbonyl (C=O) groups is 3. The molecule has 0 spiro atoms. The number of ketones is 1. The Hall–Kier alpha value is -1.43. The zero-order chi connectivity index (χ0) is 15.2. The number of carbonyl (C=O) groups excluding carboxylic acids is 3. The lowest BCUT2D eigenvalue weighted by atomic mass is 9.98. The van der Waals surface area contributed by atoms with Gasteiger partial charge in [0.25, 0.3) is 0 Å². The third-order valence-electron chi connectivity index (χ3n) is 2.34. The molecule has 0 bridgehead atoms. The van der Waals surface area contributed by atoms with E-state index in [0.29, 0.717) is 0 Å². The van der Waals surface area contributed by atoms with E-state index >= 15 is 0 Å². The molecular formula is C13H23NO5. The fourth-order valence-electron chi connectivity index (χ4n) is 1.13. The second-order valence-corrected chi connectivity index (χ2v) is 5.68. The van der Waals surface area contributed by atoms with Crippen LogP contribution in [0.25, 0.3) is 0 Å². The average Bonchev–Trinajstić information content (AvgIpc) is 2.26. The Labute approximate surface area is 113 Å². The number of nitrogens with two attached hydrogens (primary N) is 1. The molecule has 0 saturated heterocycles. The minimum atomic E-state index is -0.884. The fourth-order valence-corrected chi connectivity index (χ4v) is 1.13. The molecule has 1 atom stereocenters.